The molecule has 0 unspecified atom stereocenters. The van der Waals surface area contributed by atoms with E-state index in [1.54, 1.807) is 0 Å². The molecule has 1 heterocycles. The number of alkyl halides is 3. The van der Waals surface area contributed by atoms with Gasteiger partial charge in [0.05, 0.1) is 5.69 Å². The van der Waals surface area contributed by atoms with Crippen molar-refractivity contribution in [2.24, 2.45) is 5.92 Å². The highest BCUT2D eigenvalue weighted by Gasteiger charge is 2.39. The van der Waals surface area contributed by atoms with Crippen molar-refractivity contribution in [2.75, 3.05) is 18.0 Å². The van der Waals surface area contributed by atoms with E-state index >= 15 is 0 Å². The van der Waals surface area contributed by atoms with Gasteiger partial charge in [0.2, 0.25) is 0 Å². The van der Waals surface area contributed by atoms with Crippen molar-refractivity contribution >= 4 is 16.5 Å². The maximum absolute atomic E-state index is 12.7. The zero-order valence-electron chi connectivity index (χ0n) is 12.6. The number of hydrogen-bond acceptors (Lipinski definition) is 4. The summed E-state index contributed by atoms with van der Waals surface area (Å²) >= 11 is 1.38. The monoisotopic (exact) mass is 321 g/mol. The van der Waals surface area contributed by atoms with Crippen LogP contribution in [0.2, 0.25) is 0 Å². The van der Waals surface area contributed by atoms with Crippen molar-refractivity contribution in [1.82, 2.24) is 10.3 Å². The van der Waals surface area contributed by atoms with Crippen molar-refractivity contribution in [2.45, 2.75) is 52.4 Å². The fraction of sp³-hybridized carbons (Fsp3) is 0.786. The Morgan fingerprint density at radius 1 is 1.38 bits per heavy atom. The Balaban J connectivity index is 2.04. The molecule has 120 valence electrons. The summed E-state index contributed by atoms with van der Waals surface area (Å²) in [7, 11) is 0. The number of nitrogens with zero attached hydrogens (tertiary/aromatic N) is 2. The van der Waals surface area contributed by atoms with Crippen molar-refractivity contribution in [3.63, 3.8) is 0 Å². The molecule has 0 bridgehead atoms. The standard InChI is InChI=1S/C14H22F3N3S/c1-9(2)6-18-7-12-10(3)19-13(21-12)20(11-4-5-11)8-14(15,16)17/h9,11,18H,4-8H2,1-3H3. The normalized spacial score (nSPS) is 15.8. The largest absolute Gasteiger partial charge is 0.406 e. The van der Waals surface area contributed by atoms with Crippen LogP contribution in [0.5, 0.6) is 0 Å². The Morgan fingerprint density at radius 3 is 2.57 bits per heavy atom. The Bertz CT molecular complexity index is 467. The van der Waals surface area contributed by atoms with Gasteiger partial charge in [0.1, 0.15) is 6.54 Å². The quantitative estimate of drug-likeness (QED) is 0.829. The van der Waals surface area contributed by atoms with E-state index in [1.807, 2.05) is 6.92 Å². The maximum atomic E-state index is 12.7. The second-order valence-corrected chi connectivity index (χ2v) is 7.07. The first-order valence-corrected chi connectivity index (χ1v) is 8.08. The van der Waals surface area contributed by atoms with Crippen LogP contribution in [-0.2, 0) is 6.54 Å². The van der Waals surface area contributed by atoms with Crippen LogP contribution in [0, 0.1) is 12.8 Å². The second-order valence-electron chi connectivity index (χ2n) is 6.00. The summed E-state index contributed by atoms with van der Waals surface area (Å²) in [6.45, 7) is 6.77. The zero-order valence-corrected chi connectivity index (χ0v) is 13.4. The summed E-state index contributed by atoms with van der Waals surface area (Å²) in [6.07, 6.45) is -2.52. The summed E-state index contributed by atoms with van der Waals surface area (Å²) in [6, 6.07) is 0.00801. The summed E-state index contributed by atoms with van der Waals surface area (Å²) in [5.41, 5.74) is 0.832. The molecule has 1 aromatic heterocycles. The first-order valence-electron chi connectivity index (χ1n) is 7.26. The molecule has 1 fully saturated rings. The average molecular weight is 321 g/mol. The van der Waals surface area contributed by atoms with Gasteiger partial charge in [-0.15, -0.1) is 11.3 Å². The number of rotatable bonds is 7. The highest BCUT2D eigenvalue weighted by atomic mass is 32.1. The molecule has 1 aromatic rings. The average Bonchev–Trinajstić information content (AvgIpc) is 3.10. The molecule has 0 aromatic carbocycles. The van der Waals surface area contributed by atoms with Gasteiger partial charge in [-0.25, -0.2) is 4.98 Å². The smallest absolute Gasteiger partial charge is 0.336 e. The van der Waals surface area contributed by atoms with Crippen LogP contribution in [-0.4, -0.2) is 30.3 Å². The van der Waals surface area contributed by atoms with E-state index in [1.165, 1.54) is 16.2 Å². The van der Waals surface area contributed by atoms with Gasteiger partial charge in [-0.3, -0.25) is 0 Å². The molecule has 2 rings (SSSR count). The van der Waals surface area contributed by atoms with E-state index < -0.39 is 12.7 Å². The minimum Gasteiger partial charge on any atom is -0.336 e. The van der Waals surface area contributed by atoms with Gasteiger partial charge in [-0.05, 0) is 32.2 Å². The van der Waals surface area contributed by atoms with Crippen LogP contribution in [0.15, 0.2) is 0 Å². The van der Waals surface area contributed by atoms with Crippen LogP contribution >= 0.6 is 11.3 Å². The van der Waals surface area contributed by atoms with E-state index in [2.05, 4.69) is 24.1 Å². The SMILES string of the molecule is Cc1nc(N(CC(F)(F)F)C2CC2)sc1CNCC(C)C. The molecule has 0 spiro atoms. The number of aryl methyl sites for hydroxylation is 1. The minimum atomic E-state index is -4.18. The topological polar surface area (TPSA) is 28.2 Å². The summed E-state index contributed by atoms with van der Waals surface area (Å²) in [5.74, 6) is 0.547. The van der Waals surface area contributed by atoms with E-state index in [4.69, 9.17) is 0 Å². The van der Waals surface area contributed by atoms with Gasteiger partial charge < -0.3 is 10.2 Å². The molecular weight excluding hydrogens is 299 g/mol. The summed E-state index contributed by atoms with van der Waals surface area (Å²) < 4.78 is 38.1. The van der Waals surface area contributed by atoms with Gasteiger partial charge in [0.15, 0.2) is 5.13 Å². The van der Waals surface area contributed by atoms with Crippen LogP contribution in [0.4, 0.5) is 18.3 Å². The Kier molecular flexibility index (Phi) is 5.14. The first-order chi connectivity index (χ1) is 9.76. The maximum Gasteiger partial charge on any atom is 0.406 e. The zero-order chi connectivity index (χ0) is 15.6. The Labute approximate surface area is 127 Å². The van der Waals surface area contributed by atoms with Gasteiger partial charge >= 0.3 is 6.18 Å². The Morgan fingerprint density at radius 2 is 2.05 bits per heavy atom. The van der Waals surface area contributed by atoms with Crippen LogP contribution in [0.3, 0.4) is 0 Å². The molecule has 1 aliphatic rings. The molecule has 0 saturated heterocycles. The lowest BCUT2D eigenvalue weighted by Gasteiger charge is -2.22. The number of nitrogens with one attached hydrogen (secondary N) is 1. The summed E-state index contributed by atoms with van der Waals surface area (Å²) in [4.78, 5) is 6.81. The fourth-order valence-corrected chi connectivity index (χ4v) is 3.21. The second kappa shape index (κ2) is 6.52. The lowest BCUT2D eigenvalue weighted by Crippen LogP contribution is -2.35. The van der Waals surface area contributed by atoms with Gasteiger partial charge in [-0.1, -0.05) is 13.8 Å². The molecule has 0 atom stereocenters. The first kappa shape index (κ1) is 16.5. The molecular formula is C14H22F3N3S. The molecule has 3 nitrogen and oxygen atoms in total. The number of halogens is 3. The van der Waals surface area contributed by atoms with Gasteiger partial charge in [0, 0.05) is 17.5 Å². The molecule has 1 saturated carbocycles. The minimum absolute atomic E-state index is 0.00801. The lowest BCUT2D eigenvalue weighted by molar-refractivity contribution is -0.120. The van der Waals surface area contributed by atoms with E-state index in [-0.39, 0.29) is 6.04 Å². The lowest BCUT2D eigenvalue weighted by atomic mass is 10.2. The Hall–Kier alpha value is -0.820. The molecule has 1 N–H and O–H groups in total. The van der Waals surface area contributed by atoms with Gasteiger partial charge in [0.25, 0.3) is 0 Å². The fourth-order valence-electron chi connectivity index (χ4n) is 2.11. The van der Waals surface area contributed by atoms with Crippen molar-refractivity contribution in [3.8, 4) is 0 Å². The number of aromatic nitrogens is 1. The highest BCUT2D eigenvalue weighted by molar-refractivity contribution is 7.15. The molecule has 7 heteroatoms. The van der Waals surface area contributed by atoms with Gasteiger partial charge in [-0.2, -0.15) is 13.2 Å². The predicted octanol–water partition coefficient (Wildman–Crippen LogP) is 3.73. The van der Waals surface area contributed by atoms with Crippen molar-refractivity contribution in [3.05, 3.63) is 10.6 Å². The number of anilines is 1. The number of thiazole rings is 1. The molecule has 0 aliphatic heterocycles. The third-order valence-corrected chi connectivity index (χ3v) is 4.50. The molecule has 1 aliphatic carbocycles. The molecule has 0 radical (unpaired) electrons. The summed E-state index contributed by atoms with van der Waals surface area (Å²) in [5, 5.41) is 3.83. The molecule has 0 amide bonds. The van der Waals surface area contributed by atoms with E-state index in [0.717, 1.165) is 30.0 Å². The molecule has 21 heavy (non-hydrogen) atoms. The number of hydrogen-bond donors (Lipinski definition) is 1. The third-order valence-electron chi connectivity index (χ3n) is 3.30. The predicted molar refractivity (Wildman–Crippen MR) is 79.8 cm³/mol. The van der Waals surface area contributed by atoms with Crippen LogP contribution in [0.25, 0.3) is 0 Å². The van der Waals surface area contributed by atoms with Crippen LogP contribution < -0.4 is 10.2 Å². The van der Waals surface area contributed by atoms with E-state index in [9.17, 15) is 13.2 Å². The highest BCUT2D eigenvalue weighted by Crippen LogP contribution is 2.37. The van der Waals surface area contributed by atoms with E-state index in [0.29, 0.717) is 17.6 Å². The van der Waals surface area contributed by atoms with Crippen molar-refractivity contribution in [1.29, 1.82) is 0 Å². The van der Waals surface area contributed by atoms with Crippen LogP contribution in [0.1, 0.15) is 37.3 Å². The third kappa shape index (κ3) is 5.14. The van der Waals surface area contributed by atoms with Crippen molar-refractivity contribution < 1.29 is 13.2 Å².